The minimum Gasteiger partial charge on any atom is -0.314 e. The van der Waals surface area contributed by atoms with Crippen LogP contribution in [0.15, 0.2) is 47.6 Å². The number of hydrogen-bond donors (Lipinski definition) is 1. The van der Waals surface area contributed by atoms with Crippen molar-refractivity contribution in [1.82, 2.24) is 14.9 Å². The van der Waals surface area contributed by atoms with Crippen LogP contribution in [-0.4, -0.2) is 22.3 Å². The van der Waals surface area contributed by atoms with Gasteiger partial charge in [-0.3, -0.25) is 9.56 Å². The summed E-state index contributed by atoms with van der Waals surface area (Å²) >= 11 is 6.22. The molecule has 0 saturated heterocycles. The summed E-state index contributed by atoms with van der Waals surface area (Å²) in [5, 5.41) is 3.58. The Balaban J connectivity index is 2.05. The molecule has 1 unspecified atom stereocenters. The summed E-state index contributed by atoms with van der Waals surface area (Å²) < 4.78 is 31.1. The molecule has 0 aliphatic carbocycles. The molecule has 27 heavy (non-hydrogen) atoms. The fourth-order valence-corrected chi connectivity index (χ4v) is 3.59. The predicted octanol–water partition coefficient (Wildman–Crippen LogP) is 4.44. The van der Waals surface area contributed by atoms with E-state index in [1.807, 2.05) is 24.6 Å². The van der Waals surface area contributed by atoms with Crippen molar-refractivity contribution in [2.24, 2.45) is 4.99 Å². The molecule has 1 aliphatic heterocycles. The molecule has 1 atom stereocenters. The second-order valence-electron chi connectivity index (χ2n) is 6.39. The van der Waals surface area contributed by atoms with Crippen molar-refractivity contribution in [1.29, 1.82) is 0 Å². The van der Waals surface area contributed by atoms with Gasteiger partial charge in [0.05, 0.1) is 28.9 Å². The Labute approximate surface area is 160 Å². The maximum atomic E-state index is 14.6. The number of nitrogens with zero attached hydrogens (tertiary/aromatic N) is 3. The molecule has 3 aromatic rings. The molecule has 0 saturated carbocycles. The van der Waals surface area contributed by atoms with Crippen LogP contribution in [0.1, 0.15) is 35.6 Å². The minimum atomic E-state index is -0.665. The molecule has 1 N–H and O–H groups in total. The molecule has 0 bridgehead atoms. The second kappa shape index (κ2) is 6.87. The van der Waals surface area contributed by atoms with Crippen LogP contribution in [0.3, 0.4) is 0 Å². The van der Waals surface area contributed by atoms with E-state index in [9.17, 15) is 8.78 Å². The molecule has 1 aliphatic rings. The van der Waals surface area contributed by atoms with Crippen LogP contribution in [0.25, 0.3) is 5.69 Å². The number of halogens is 3. The van der Waals surface area contributed by atoms with Gasteiger partial charge in [-0.2, -0.15) is 0 Å². The summed E-state index contributed by atoms with van der Waals surface area (Å²) in [6.45, 7) is 2.44. The Morgan fingerprint density at radius 2 is 1.93 bits per heavy atom. The van der Waals surface area contributed by atoms with Crippen molar-refractivity contribution < 1.29 is 8.78 Å². The Morgan fingerprint density at radius 3 is 2.63 bits per heavy atom. The van der Waals surface area contributed by atoms with Gasteiger partial charge in [0, 0.05) is 17.1 Å². The number of hydrogen-bond acceptors (Lipinski definition) is 3. The van der Waals surface area contributed by atoms with E-state index in [2.05, 4.69) is 15.3 Å². The summed E-state index contributed by atoms with van der Waals surface area (Å²) in [4.78, 5) is 9.15. The van der Waals surface area contributed by atoms with Crippen molar-refractivity contribution >= 4 is 17.3 Å². The lowest BCUT2D eigenvalue weighted by Crippen LogP contribution is -2.14. The highest BCUT2D eigenvalue weighted by atomic mass is 35.5. The molecular formula is C20H17ClF2N4. The number of benzene rings is 2. The summed E-state index contributed by atoms with van der Waals surface area (Å²) in [7, 11) is 1.85. The maximum Gasteiger partial charge on any atom is 0.138 e. The fraction of sp³-hybridized carbons (Fsp3) is 0.200. The molecule has 4 nitrogen and oxygen atoms in total. The monoisotopic (exact) mass is 386 g/mol. The van der Waals surface area contributed by atoms with E-state index in [0.29, 0.717) is 23.0 Å². The lowest BCUT2D eigenvalue weighted by molar-refractivity contribution is 0.578. The molecule has 2 aromatic carbocycles. The van der Waals surface area contributed by atoms with E-state index in [4.69, 9.17) is 11.6 Å². The van der Waals surface area contributed by atoms with Crippen LogP contribution >= 0.6 is 11.6 Å². The fourth-order valence-electron chi connectivity index (χ4n) is 3.42. The van der Waals surface area contributed by atoms with Gasteiger partial charge in [-0.25, -0.2) is 13.8 Å². The standard InChI is InChI=1S/C20H17ClF2N4/c1-11-20-25-10-13(9-24-2)27(20)17-7-6-12(21)8-14(17)19(26-11)18-15(22)4-3-5-16(18)23/h3-8,10-11,24H,9H2,1-2H3. The van der Waals surface area contributed by atoms with Gasteiger partial charge in [-0.1, -0.05) is 17.7 Å². The van der Waals surface area contributed by atoms with Crippen LogP contribution < -0.4 is 5.32 Å². The molecule has 4 rings (SSSR count). The average molecular weight is 387 g/mol. The largest absolute Gasteiger partial charge is 0.314 e. The molecule has 138 valence electrons. The van der Waals surface area contributed by atoms with Crippen molar-refractivity contribution in [3.8, 4) is 5.69 Å². The minimum absolute atomic E-state index is 0.159. The van der Waals surface area contributed by atoms with Gasteiger partial charge in [0.15, 0.2) is 0 Å². The molecule has 0 fully saturated rings. The van der Waals surface area contributed by atoms with Crippen molar-refractivity contribution in [3.63, 3.8) is 0 Å². The highest BCUT2D eigenvalue weighted by molar-refractivity contribution is 6.31. The Kier molecular flexibility index (Phi) is 4.53. The van der Waals surface area contributed by atoms with Gasteiger partial charge >= 0.3 is 0 Å². The molecule has 0 radical (unpaired) electrons. The van der Waals surface area contributed by atoms with E-state index in [1.54, 1.807) is 18.3 Å². The van der Waals surface area contributed by atoms with Crippen LogP contribution in [0.5, 0.6) is 0 Å². The molecule has 7 heteroatoms. The van der Waals surface area contributed by atoms with E-state index in [-0.39, 0.29) is 11.3 Å². The van der Waals surface area contributed by atoms with Crippen LogP contribution in [-0.2, 0) is 6.54 Å². The molecule has 2 heterocycles. The predicted molar refractivity (Wildman–Crippen MR) is 102 cm³/mol. The van der Waals surface area contributed by atoms with E-state index in [0.717, 1.165) is 11.4 Å². The SMILES string of the molecule is CNCc1cnc2n1-c1ccc(Cl)cc1C(c1c(F)cccc1F)=NC2C. The maximum absolute atomic E-state index is 14.6. The molecule has 0 amide bonds. The molecule has 1 aromatic heterocycles. The number of fused-ring (bicyclic) bond motifs is 3. The average Bonchev–Trinajstić information content (AvgIpc) is 2.99. The third-order valence-electron chi connectivity index (χ3n) is 4.57. The number of imidazole rings is 1. The summed E-state index contributed by atoms with van der Waals surface area (Å²) in [6.07, 6.45) is 1.78. The van der Waals surface area contributed by atoms with Gasteiger partial charge in [-0.15, -0.1) is 0 Å². The lowest BCUT2D eigenvalue weighted by Gasteiger charge is -2.15. The van der Waals surface area contributed by atoms with Crippen LogP contribution in [0.4, 0.5) is 8.78 Å². The van der Waals surface area contributed by atoms with Crippen LogP contribution in [0.2, 0.25) is 5.02 Å². The van der Waals surface area contributed by atoms with Crippen molar-refractivity contribution in [2.45, 2.75) is 19.5 Å². The Bertz CT molecular complexity index is 1040. The third-order valence-corrected chi connectivity index (χ3v) is 4.81. The third kappa shape index (κ3) is 2.95. The highest BCUT2D eigenvalue weighted by Crippen LogP contribution is 2.33. The quantitative estimate of drug-likeness (QED) is 0.723. The molecule has 0 spiro atoms. The van der Waals surface area contributed by atoms with E-state index < -0.39 is 17.7 Å². The number of nitrogens with one attached hydrogen (secondary N) is 1. The zero-order chi connectivity index (χ0) is 19.1. The van der Waals surface area contributed by atoms with Crippen molar-refractivity contribution in [3.05, 3.63) is 81.9 Å². The van der Waals surface area contributed by atoms with Crippen LogP contribution in [0, 0.1) is 11.6 Å². The number of rotatable bonds is 3. The highest BCUT2D eigenvalue weighted by Gasteiger charge is 2.28. The van der Waals surface area contributed by atoms with Gasteiger partial charge < -0.3 is 5.32 Å². The summed E-state index contributed by atoms with van der Waals surface area (Å²) in [5.41, 5.74) is 2.30. The zero-order valence-corrected chi connectivity index (χ0v) is 15.6. The zero-order valence-electron chi connectivity index (χ0n) is 14.8. The van der Waals surface area contributed by atoms with Crippen molar-refractivity contribution in [2.75, 3.05) is 7.05 Å². The first kappa shape index (κ1) is 17.8. The second-order valence-corrected chi connectivity index (χ2v) is 6.82. The van der Waals surface area contributed by atoms with Gasteiger partial charge in [0.25, 0.3) is 0 Å². The first-order chi connectivity index (χ1) is 13.0. The van der Waals surface area contributed by atoms with E-state index in [1.165, 1.54) is 18.2 Å². The van der Waals surface area contributed by atoms with Gasteiger partial charge in [0.1, 0.15) is 23.5 Å². The number of aliphatic imine (C=N–C) groups is 1. The normalized spacial score (nSPS) is 15.7. The Hall–Kier alpha value is -2.57. The topological polar surface area (TPSA) is 42.2 Å². The lowest BCUT2D eigenvalue weighted by atomic mass is 9.99. The first-order valence-corrected chi connectivity index (χ1v) is 8.92. The first-order valence-electron chi connectivity index (χ1n) is 8.55. The number of aromatic nitrogens is 2. The van der Waals surface area contributed by atoms with Gasteiger partial charge in [0.2, 0.25) is 0 Å². The summed E-state index contributed by atoms with van der Waals surface area (Å²) in [6, 6.07) is 8.66. The smallest absolute Gasteiger partial charge is 0.138 e. The Morgan fingerprint density at radius 1 is 1.19 bits per heavy atom. The molecular weight excluding hydrogens is 370 g/mol. The van der Waals surface area contributed by atoms with Gasteiger partial charge in [-0.05, 0) is 44.3 Å². The van der Waals surface area contributed by atoms with E-state index >= 15 is 0 Å². The summed E-state index contributed by atoms with van der Waals surface area (Å²) in [5.74, 6) is -0.626.